The number of nitrogens with zero attached hydrogens (tertiary/aromatic N) is 5. The van der Waals surface area contributed by atoms with Gasteiger partial charge in [-0.15, -0.1) is 20.4 Å². The molecule has 0 fully saturated rings. The second kappa shape index (κ2) is 6.84. The SMILES string of the molecule is CCCc1nnc(NC(=O)c2ccc(-n3cnnc3)cc2Cl)s1. The number of carbonyl (C=O) groups is 1. The summed E-state index contributed by atoms with van der Waals surface area (Å²) in [5, 5.41) is 19.9. The first kappa shape index (κ1) is 15.6. The Balaban J connectivity index is 1.76. The van der Waals surface area contributed by atoms with E-state index in [2.05, 4.69) is 32.6 Å². The molecule has 1 N–H and O–H groups in total. The van der Waals surface area contributed by atoms with Crippen molar-refractivity contribution in [3.8, 4) is 5.69 Å². The fourth-order valence-corrected chi connectivity index (χ4v) is 3.06. The second-order valence-electron chi connectivity index (χ2n) is 4.74. The molecule has 0 bridgehead atoms. The maximum atomic E-state index is 12.3. The fourth-order valence-electron chi connectivity index (χ4n) is 1.97. The first-order chi connectivity index (χ1) is 11.2. The van der Waals surface area contributed by atoms with E-state index in [0.717, 1.165) is 23.5 Å². The van der Waals surface area contributed by atoms with Crippen molar-refractivity contribution in [2.75, 3.05) is 5.32 Å². The highest BCUT2D eigenvalue weighted by Gasteiger charge is 2.14. The summed E-state index contributed by atoms with van der Waals surface area (Å²) in [5.74, 6) is -0.315. The molecule has 0 saturated carbocycles. The smallest absolute Gasteiger partial charge is 0.259 e. The predicted octanol–water partition coefficient (Wildman–Crippen LogP) is 2.98. The summed E-state index contributed by atoms with van der Waals surface area (Å²) >= 11 is 7.58. The Morgan fingerprint density at radius 2 is 2.09 bits per heavy atom. The normalized spacial score (nSPS) is 10.7. The number of aryl methyl sites for hydroxylation is 1. The zero-order valence-electron chi connectivity index (χ0n) is 12.2. The average Bonchev–Trinajstić information content (AvgIpc) is 3.19. The van der Waals surface area contributed by atoms with Gasteiger partial charge in [-0.05, 0) is 24.6 Å². The third-order valence-electron chi connectivity index (χ3n) is 3.07. The van der Waals surface area contributed by atoms with Gasteiger partial charge in [-0.25, -0.2) is 0 Å². The third-order valence-corrected chi connectivity index (χ3v) is 4.28. The standard InChI is InChI=1S/C14H13ClN6OS/c1-2-3-12-19-20-14(23-12)18-13(22)10-5-4-9(6-11(10)15)21-7-16-17-8-21/h4-8H,2-3H2,1H3,(H,18,20,22). The maximum absolute atomic E-state index is 12.3. The van der Waals surface area contributed by atoms with E-state index in [-0.39, 0.29) is 5.91 Å². The molecule has 0 unspecified atom stereocenters. The highest BCUT2D eigenvalue weighted by Crippen LogP contribution is 2.23. The van der Waals surface area contributed by atoms with Crippen molar-refractivity contribution in [2.24, 2.45) is 0 Å². The summed E-state index contributed by atoms with van der Waals surface area (Å²) < 4.78 is 1.70. The van der Waals surface area contributed by atoms with E-state index in [0.29, 0.717) is 15.7 Å². The number of carbonyl (C=O) groups excluding carboxylic acids is 1. The molecule has 3 aromatic rings. The molecular weight excluding hydrogens is 336 g/mol. The summed E-state index contributed by atoms with van der Waals surface area (Å²) in [4.78, 5) is 12.3. The van der Waals surface area contributed by atoms with Crippen molar-refractivity contribution >= 4 is 34.0 Å². The van der Waals surface area contributed by atoms with Gasteiger partial charge in [0.25, 0.3) is 5.91 Å². The van der Waals surface area contributed by atoms with Crippen LogP contribution in [-0.2, 0) is 6.42 Å². The van der Waals surface area contributed by atoms with Crippen LogP contribution >= 0.6 is 22.9 Å². The van der Waals surface area contributed by atoms with E-state index in [1.807, 2.05) is 0 Å². The molecule has 3 rings (SSSR count). The molecule has 0 saturated heterocycles. The highest BCUT2D eigenvalue weighted by molar-refractivity contribution is 7.15. The molecule has 1 amide bonds. The van der Waals surface area contributed by atoms with Crippen LogP contribution in [0.3, 0.4) is 0 Å². The van der Waals surface area contributed by atoms with Crippen LogP contribution in [0.25, 0.3) is 5.69 Å². The van der Waals surface area contributed by atoms with Crippen molar-refractivity contribution in [3.63, 3.8) is 0 Å². The molecule has 2 heterocycles. The number of halogens is 1. The summed E-state index contributed by atoms with van der Waals surface area (Å²) in [7, 11) is 0. The van der Waals surface area contributed by atoms with Crippen LogP contribution in [0.5, 0.6) is 0 Å². The molecule has 2 aromatic heterocycles. The van der Waals surface area contributed by atoms with Gasteiger partial charge in [0, 0.05) is 12.1 Å². The van der Waals surface area contributed by atoms with Gasteiger partial charge in [0.2, 0.25) is 5.13 Å². The van der Waals surface area contributed by atoms with Gasteiger partial charge in [-0.2, -0.15) is 0 Å². The minimum atomic E-state index is -0.315. The van der Waals surface area contributed by atoms with E-state index in [1.165, 1.54) is 11.3 Å². The first-order valence-corrected chi connectivity index (χ1v) is 8.15. The third kappa shape index (κ3) is 3.54. The Labute approximate surface area is 141 Å². The summed E-state index contributed by atoms with van der Waals surface area (Å²) in [6.45, 7) is 2.07. The zero-order chi connectivity index (χ0) is 16.2. The molecule has 23 heavy (non-hydrogen) atoms. The summed E-state index contributed by atoms with van der Waals surface area (Å²) in [5.41, 5.74) is 1.15. The van der Waals surface area contributed by atoms with Gasteiger partial charge in [0.05, 0.1) is 10.6 Å². The van der Waals surface area contributed by atoms with Crippen molar-refractivity contribution in [2.45, 2.75) is 19.8 Å². The molecule has 0 aliphatic carbocycles. The number of anilines is 1. The lowest BCUT2D eigenvalue weighted by Crippen LogP contribution is -2.12. The van der Waals surface area contributed by atoms with Crippen LogP contribution in [0.4, 0.5) is 5.13 Å². The lowest BCUT2D eigenvalue weighted by molar-refractivity contribution is 0.102. The van der Waals surface area contributed by atoms with Crippen LogP contribution in [0, 0.1) is 0 Å². The quantitative estimate of drug-likeness (QED) is 0.766. The van der Waals surface area contributed by atoms with Crippen molar-refractivity contribution in [1.29, 1.82) is 0 Å². The fraction of sp³-hybridized carbons (Fsp3) is 0.214. The number of aromatic nitrogens is 5. The van der Waals surface area contributed by atoms with Crippen molar-refractivity contribution in [3.05, 3.63) is 46.4 Å². The molecule has 7 nitrogen and oxygen atoms in total. The number of hydrogen-bond acceptors (Lipinski definition) is 6. The largest absolute Gasteiger partial charge is 0.296 e. The Morgan fingerprint density at radius 3 is 2.78 bits per heavy atom. The molecular formula is C14H13ClN6OS. The van der Waals surface area contributed by atoms with Crippen molar-refractivity contribution in [1.82, 2.24) is 25.0 Å². The predicted molar refractivity (Wildman–Crippen MR) is 88.2 cm³/mol. The topological polar surface area (TPSA) is 85.6 Å². The molecule has 9 heteroatoms. The molecule has 0 aliphatic rings. The van der Waals surface area contributed by atoms with Gasteiger partial charge >= 0.3 is 0 Å². The highest BCUT2D eigenvalue weighted by atomic mass is 35.5. The maximum Gasteiger partial charge on any atom is 0.259 e. The molecule has 0 atom stereocenters. The number of nitrogens with one attached hydrogen (secondary N) is 1. The summed E-state index contributed by atoms with van der Waals surface area (Å²) in [6.07, 6.45) is 4.95. The average molecular weight is 349 g/mol. The first-order valence-electron chi connectivity index (χ1n) is 6.95. The minimum absolute atomic E-state index is 0.315. The van der Waals surface area contributed by atoms with Gasteiger partial charge < -0.3 is 0 Å². The monoisotopic (exact) mass is 348 g/mol. The Bertz CT molecular complexity index is 817. The van der Waals surface area contributed by atoms with E-state index < -0.39 is 0 Å². The molecule has 0 radical (unpaired) electrons. The van der Waals surface area contributed by atoms with E-state index in [4.69, 9.17) is 11.6 Å². The van der Waals surface area contributed by atoms with Crippen LogP contribution < -0.4 is 5.32 Å². The number of amides is 1. The molecule has 0 spiro atoms. The van der Waals surface area contributed by atoms with Crippen LogP contribution in [-0.4, -0.2) is 30.9 Å². The van der Waals surface area contributed by atoms with Crippen LogP contribution in [0.2, 0.25) is 5.02 Å². The second-order valence-corrected chi connectivity index (χ2v) is 6.21. The number of benzene rings is 1. The molecule has 0 aliphatic heterocycles. The van der Waals surface area contributed by atoms with E-state index >= 15 is 0 Å². The number of rotatable bonds is 5. The number of hydrogen-bond donors (Lipinski definition) is 1. The van der Waals surface area contributed by atoms with Gasteiger partial charge in [-0.1, -0.05) is 29.9 Å². The summed E-state index contributed by atoms with van der Waals surface area (Å²) in [6, 6.07) is 5.11. The van der Waals surface area contributed by atoms with Gasteiger partial charge in [0.15, 0.2) is 0 Å². The molecule has 1 aromatic carbocycles. The minimum Gasteiger partial charge on any atom is -0.296 e. The van der Waals surface area contributed by atoms with Gasteiger partial charge in [-0.3, -0.25) is 14.7 Å². The van der Waals surface area contributed by atoms with Gasteiger partial charge in [0.1, 0.15) is 17.7 Å². The van der Waals surface area contributed by atoms with E-state index in [1.54, 1.807) is 35.4 Å². The lowest BCUT2D eigenvalue weighted by Gasteiger charge is -2.06. The van der Waals surface area contributed by atoms with Crippen LogP contribution in [0.15, 0.2) is 30.9 Å². The zero-order valence-corrected chi connectivity index (χ0v) is 13.8. The van der Waals surface area contributed by atoms with Crippen molar-refractivity contribution < 1.29 is 4.79 Å². The van der Waals surface area contributed by atoms with Crippen LogP contribution in [0.1, 0.15) is 28.7 Å². The van der Waals surface area contributed by atoms with E-state index in [9.17, 15) is 4.79 Å². The molecule has 118 valence electrons. The Morgan fingerprint density at radius 1 is 1.30 bits per heavy atom. The Kier molecular flexibility index (Phi) is 4.63. The lowest BCUT2D eigenvalue weighted by atomic mass is 10.2. The Hall–Kier alpha value is -2.32.